The number of rotatable bonds is 3. The first-order chi connectivity index (χ1) is 10.9. The van der Waals surface area contributed by atoms with Gasteiger partial charge in [0.05, 0.1) is 5.92 Å². The molecular weight excluding hydrogens is 328 g/mol. The molecule has 130 valence electrons. The lowest BCUT2D eigenvalue weighted by molar-refractivity contribution is 0.354. The molecule has 0 amide bonds. The van der Waals surface area contributed by atoms with Crippen molar-refractivity contribution in [1.82, 2.24) is 15.1 Å². The van der Waals surface area contributed by atoms with Crippen LogP contribution >= 0.6 is 0 Å². The second-order valence-corrected chi connectivity index (χ2v) is 9.47. The van der Waals surface area contributed by atoms with Gasteiger partial charge in [-0.25, -0.2) is 18.5 Å². The first kappa shape index (κ1) is 17.0. The Morgan fingerprint density at radius 2 is 1.88 bits per heavy atom. The second kappa shape index (κ2) is 5.10. The molecule has 1 saturated carbocycles. The van der Waals surface area contributed by atoms with Gasteiger partial charge in [0.15, 0.2) is 10.9 Å². The molecule has 24 heavy (non-hydrogen) atoms. The molecule has 2 N–H and O–H groups in total. The van der Waals surface area contributed by atoms with Crippen LogP contribution in [0.2, 0.25) is 0 Å². The summed E-state index contributed by atoms with van der Waals surface area (Å²) in [4.78, 5) is 8.53. The van der Waals surface area contributed by atoms with Crippen molar-refractivity contribution < 1.29 is 12.9 Å². The molecule has 1 fully saturated rings. The van der Waals surface area contributed by atoms with Gasteiger partial charge in [-0.05, 0) is 17.0 Å². The van der Waals surface area contributed by atoms with Crippen molar-refractivity contribution >= 4 is 10.0 Å². The largest absolute Gasteiger partial charge is 0.339 e. The summed E-state index contributed by atoms with van der Waals surface area (Å²) in [5.41, 5.74) is 0.703. The number of primary sulfonamides is 1. The van der Waals surface area contributed by atoms with E-state index in [1.165, 1.54) is 6.07 Å². The van der Waals surface area contributed by atoms with Crippen molar-refractivity contribution in [3.8, 4) is 0 Å². The molecular formula is C16H22N4O3S. The quantitative estimate of drug-likeness (QED) is 0.909. The van der Waals surface area contributed by atoms with Crippen molar-refractivity contribution in [2.24, 2.45) is 10.6 Å². The molecule has 0 saturated heterocycles. The Hall–Kier alpha value is -1.80. The van der Waals surface area contributed by atoms with Crippen LogP contribution in [0.5, 0.6) is 0 Å². The van der Waals surface area contributed by atoms with Crippen LogP contribution in [0.3, 0.4) is 0 Å². The van der Waals surface area contributed by atoms with Crippen LogP contribution < -0.4 is 5.14 Å². The highest BCUT2D eigenvalue weighted by Crippen LogP contribution is 2.69. The Labute approximate surface area is 141 Å². The van der Waals surface area contributed by atoms with Crippen molar-refractivity contribution in [3.05, 3.63) is 35.6 Å². The average Bonchev–Trinajstić information content (AvgIpc) is 2.83. The summed E-state index contributed by atoms with van der Waals surface area (Å²) in [5, 5.41) is 9.05. The van der Waals surface area contributed by atoms with Crippen LogP contribution in [0.25, 0.3) is 0 Å². The number of nitrogens with two attached hydrogens (primary N) is 1. The lowest BCUT2D eigenvalue weighted by Crippen LogP contribution is -2.13. The Morgan fingerprint density at radius 1 is 1.21 bits per heavy atom. The van der Waals surface area contributed by atoms with Gasteiger partial charge in [-0.1, -0.05) is 45.8 Å². The van der Waals surface area contributed by atoms with Gasteiger partial charge in [0, 0.05) is 17.5 Å². The zero-order chi connectivity index (χ0) is 17.9. The van der Waals surface area contributed by atoms with Gasteiger partial charge in [0.25, 0.3) is 10.0 Å². The Bertz CT molecular complexity index is 863. The highest BCUT2D eigenvalue weighted by atomic mass is 32.2. The summed E-state index contributed by atoms with van der Waals surface area (Å²) in [6, 6.07) is 3.19. The van der Waals surface area contributed by atoms with Crippen molar-refractivity contribution in [2.45, 2.75) is 56.9 Å². The minimum Gasteiger partial charge on any atom is -0.339 e. The number of nitrogens with zero attached hydrogens (tertiary/aromatic N) is 3. The van der Waals surface area contributed by atoms with Gasteiger partial charge in [0.2, 0.25) is 5.89 Å². The molecule has 1 aliphatic carbocycles. The maximum Gasteiger partial charge on any atom is 0.255 e. The third-order valence-corrected chi connectivity index (χ3v) is 5.44. The number of aromatic nitrogens is 3. The van der Waals surface area contributed by atoms with Crippen molar-refractivity contribution in [3.63, 3.8) is 0 Å². The molecule has 3 rings (SSSR count). The lowest BCUT2D eigenvalue weighted by atomic mass is 9.96. The highest BCUT2D eigenvalue weighted by molar-refractivity contribution is 7.89. The fourth-order valence-electron chi connectivity index (χ4n) is 3.13. The maximum atomic E-state index is 11.3. The highest BCUT2D eigenvalue weighted by Gasteiger charge is 2.62. The number of sulfonamides is 1. The SMILES string of the molecule is CC(C)(C)c1noc([C@H]2[C@H](c3ccc(S(N)(=O)=O)nc3)C2(C)C)n1. The molecule has 0 bridgehead atoms. The molecule has 2 atom stereocenters. The summed E-state index contributed by atoms with van der Waals surface area (Å²) in [7, 11) is -3.78. The fourth-order valence-corrected chi connectivity index (χ4v) is 3.59. The van der Waals surface area contributed by atoms with Gasteiger partial charge in [-0.3, -0.25) is 0 Å². The fraction of sp³-hybridized carbons (Fsp3) is 0.562. The maximum absolute atomic E-state index is 11.3. The molecule has 0 aliphatic heterocycles. The van der Waals surface area contributed by atoms with Gasteiger partial charge in [-0.15, -0.1) is 0 Å². The first-order valence-electron chi connectivity index (χ1n) is 7.75. The summed E-state index contributed by atoms with van der Waals surface area (Å²) < 4.78 is 28.1. The molecule has 8 heteroatoms. The van der Waals surface area contributed by atoms with Gasteiger partial charge >= 0.3 is 0 Å². The summed E-state index contributed by atoms with van der Waals surface area (Å²) in [6.07, 6.45) is 1.56. The zero-order valence-electron chi connectivity index (χ0n) is 14.4. The second-order valence-electron chi connectivity index (χ2n) is 7.96. The number of hydrogen-bond acceptors (Lipinski definition) is 6. The van der Waals surface area contributed by atoms with E-state index >= 15 is 0 Å². The molecule has 2 heterocycles. The van der Waals surface area contributed by atoms with E-state index in [4.69, 9.17) is 9.66 Å². The van der Waals surface area contributed by atoms with Crippen LogP contribution in [0.1, 0.15) is 63.7 Å². The number of hydrogen-bond donors (Lipinski definition) is 1. The average molecular weight is 350 g/mol. The van der Waals surface area contributed by atoms with Crippen LogP contribution in [-0.4, -0.2) is 23.5 Å². The predicted octanol–water partition coefficient (Wildman–Crippen LogP) is 2.32. The molecule has 2 aromatic rings. The normalized spacial score (nSPS) is 23.2. The topological polar surface area (TPSA) is 112 Å². The molecule has 0 aromatic carbocycles. The third kappa shape index (κ3) is 2.84. The van der Waals surface area contributed by atoms with Crippen molar-refractivity contribution in [1.29, 1.82) is 0 Å². The third-order valence-electron chi connectivity index (χ3n) is 4.62. The van der Waals surface area contributed by atoms with Gasteiger partial charge in [-0.2, -0.15) is 4.98 Å². The molecule has 2 aromatic heterocycles. The standard InChI is InChI=1S/C16H22N4O3S/c1-15(2,3)14-19-13(23-20-14)12-11(16(12,4)5)9-6-7-10(18-8-9)24(17,21)22/h6-8,11-12H,1-5H3,(H2,17,21,22)/t11-,12+/m0/s1. The van der Waals surface area contributed by atoms with E-state index in [9.17, 15) is 8.42 Å². The van der Waals surface area contributed by atoms with E-state index in [0.29, 0.717) is 11.7 Å². The Kier molecular flexibility index (Phi) is 3.62. The van der Waals surface area contributed by atoms with Crippen molar-refractivity contribution in [2.75, 3.05) is 0 Å². The zero-order valence-corrected chi connectivity index (χ0v) is 15.3. The van der Waals surface area contributed by atoms with E-state index in [0.717, 1.165) is 5.56 Å². The molecule has 0 spiro atoms. The van der Waals surface area contributed by atoms with Crippen LogP contribution in [0, 0.1) is 5.41 Å². The Morgan fingerprint density at radius 3 is 2.33 bits per heavy atom. The molecule has 1 aliphatic rings. The van der Waals surface area contributed by atoms with E-state index in [1.54, 1.807) is 12.3 Å². The van der Waals surface area contributed by atoms with Gasteiger partial charge in [0.1, 0.15) is 0 Å². The molecule has 0 unspecified atom stereocenters. The van der Waals surface area contributed by atoms with E-state index < -0.39 is 10.0 Å². The minimum atomic E-state index is -3.78. The molecule has 0 radical (unpaired) electrons. The van der Waals surface area contributed by atoms with E-state index in [-0.39, 0.29) is 27.7 Å². The Balaban J connectivity index is 1.89. The molecule has 7 nitrogen and oxygen atoms in total. The van der Waals surface area contributed by atoms with Crippen LogP contribution in [-0.2, 0) is 15.4 Å². The number of pyridine rings is 1. The van der Waals surface area contributed by atoms with E-state index in [1.807, 2.05) is 20.8 Å². The summed E-state index contributed by atoms with van der Waals surface area (Å²) in [5.74, 6) is 1.53. The first-order valence-corrected chi connectivity index (χ1v) is 9.30. The van der Waals surface area contributed by atoms with Gasteiger partial charge < -0.3 is 4.52 Å². The smallest absolute Gasteiger partial charge is 0.255 e. The van der Waals surface area contributed by atoms with Crippen LogP contribution in [0.4, 0.5) is 0 Å². The van der Waals surface area contributed by atoms with Crippen LogP contribution in [0.15, 0.2) is 27.9 Å². The summed E-state index contributed by atoms with van der Waals surface area (Å²) in [6.45, 7) is 10.3. The lowest BCUT2D eigenvalue weighted by Gasteiger charge is -2.10. The monoisotopic (exact) mass is 350 g/mol. The summed E-state index contributed by atoms with van der Waals surface area (Å²) >= 11 is 0. The minimum absolute atomic E-state index is 0.0630. The van der Waals surface area contributed by atoms with E-state index in [2.05, 4.69) is 29.0 Å². The predicted molar refractivity (Wildman–Crippen MR) is 87.9 cm³/mol.